The van der Waals surface area contributed by atoms with Gasteiger partial charge in [-0.2, -0.15) is 0 Å². The van der Waals surface area contributed by atoms with Crippen molar-refractivity contribution in [1.29, 1.82) is 0 Å². The Bertz CT molecular complexity index is 1150. The molecule has 1 fully saturated rings. The molecule has 1 aliphatic heterocycles. The number of amides is 2. The molecule has 166 valence electrons. The number of carbonyl (C=O) groups is 2. The number of benzene rings is 2. The van der Waals surface area contributed by atoms with Gasteiger partial charge in [0, 0.05) is 11.4 Å². The Morgan fingerprint density at radius 1 is 1.16 bits per heavy atom. The fourth-order valence-corrected chi connectivity index (χ4v) is 4.01. The molecular formula is C25H28N4O3. The molecule has 0 saturated carbocycles. The number of hydrogen-bond donors (Lipinski definition) is 2. The van der Waals surface area contributed by atoms with Crippen LogP contribution in [0.5, 0.6) is 5.75 Å². The molecule has 3 aromatic rings. The predicted molar refractivity (Wildman–Crippen MR) is 123 cm³/mol. The van der Waals surface area contributed by atoms with Crippen LogP contribution in [0.3, 0.4) is 0 Å². The van der Waals surface area contributed by atoms with E-state index in [2.05, 4.69) is 15.6 Å². The third-order valence-corrected chi connectivity index (χ3v) is 5.50. The zero-order valence-electron chi connectivity index (χ0n) is 18.8. The van der Waals surface area contributed by atoms with E-state index in [1.165, 1.54) is 0 Å². The number of aryl methyl sites for hydroxylation is 1. The highest BCUT2D eigenvalue weighted by Crippen LogP contribution is 2.31. The van der Waals surface area contributed by atoms with Crippen molar-refractivity contribution in [3.05, 3.63) is 71.4 Å². The summed E-state index contributed by atoms with van der Waals surface area (Å²) in [6.45, 7) is 7.47. The molecule has 1 saturated heterocycles. The van der Waals surface area contributed by atoms with E-state index >= 15 is 0 Å². The van der Waals surface area contributed by atoms with Crippen LogP contribution in [0.15, 0.2) is 54.6 Å². The summed E-state index contributed by atoms with van der Waals surface area (Å²) in [6.07, 6.45) is -0.305. The fraction of sp³-hybridized carbons (Fsp3) is 0.320. The molecule has 7 nitrogen and oxygen atoms in total. The average molecular weight is 433 g/mol. The normalized spacial score (nSPS) is 18.4. The number of pyridine rings is 1. The van der Waals surface area contributed by atoms with E-state index in [0.717, 1.165) is 11.1 Å². The second kappa shape index (κ2) is 8.96. The Balaban J connectivity index is 1.70. The molecule has 0 radical (unpaired) electrons. The molecule has 2 unspecified atom stereocenters. The van der Waals surface area contributed by atoms with Crippen molar-refractivity contribution in [2.45, 2.75) is 45.9 Å². The Hall–Kier alpha value is -3.45. The first-order chi connectivity index (χ1) is 15.4. The first-order valence-corrected chi connectivity index (χ1v) is 10.8. The number of nitrogens with one attached hydrogen (secondary N) is 2. The number of ether oxygens (including phenoxy) is 1. The fourth-order valence-electron chi connectivity index (χ4n) is 4.01. The maximum atomic E-state index is 13.1. The van der Waals surface area contributed by atoms with E-state index < -0.39 is 0 Å². The van der Waals surface area contributed by atoms with Gasteiger partial charge in [-0.3, -0.25) is 19.8 Å². The molecule has 2 heterocycles. The summed E-state index contributed by atoms with van der Waals surface area (Å²) in [6, 6.07) is 16.9. The maximum absolute atomic E-state index is 13.1. The van der Waals surface area contributed by atoms with Crippen molar-refractivity contribution in [2.24, 2.45) is 0 Å². The van der Waals surface area contributed by atoms with Gasteiger partial charge >= 0.3 is 0 Å². The molecular weight excluding hydrogens is 404 g/mol. The first-order valence-electron chi connectivity index (χ1n) is 10.8. The summed E-state index contributed by atoms with van der Waals surface area (Å²) < 4.78 is 6.17. The molecule has 1 aliphatic rings. The lowest BCUT2D eigenvalue weighted by Crippen LogP contribution is -2.35. The number of para-hydroxylation sites is 1. The maximum Gasteiger partial charge on any atom is 0.256 e. The average Bonchev–Trinajstić information content (AvgIpc) is 3.05. The van der Waals surface area contributed by atoms with E-state index in [0.29, 0.717) is 22.4 Å². The monoisotopic (exact) mass is 432 g/mol. The van der Waals surface area contributed by atoms with Crippen LogP contribution in [0, 0.1) is 6.92 Å². The highest BCUT2D eigenvalue weighted by molar-refractivity contribution is 6.09. The Labute approximate surface area is 187 Å². The van der Waals surface area contributed by atoms with Gasteiger partial charge in [-0.15, -0.1) is 0 Å². The minimum absolute atomic E-state index is 0.00144. The Morgan fingerprint density at radius 3 is 2.56 bits per heavy atom. The lowest BCUT2D eigenvalue weighted by Gasteiger charge is -2.26. The van der Waals surface area contributed by atoms with Crippen molar-refractivity contribution in [2.75, 3.05) is 6.73 Å². The third-order valence-electron chi connectivity index (χ3n) is 5.50. The summed E-state index contributed by atoms with van der Waals surface area (Å²) in [5.74, 6) is 0.106. The quantitative estimate of drug-likeness (QED) is 0.623. The molecule has 2 aromatic carbocycles. The second-order valence-electron chi connectivity index (χ2n) is 8.33. The van der Waals surface area contributed by atoms with E-state index in [-0.39, 0.29) is 36.8 Å². The summed E-state index contributed by atoms with van der Waals surface area (Å²) in [7, 11) is 0. The van der Waals surface area contributed by atoms with Gasteiger partial charge < -0.3 is 10.1 Å². The van der Waals surface area contributed by atoms with Crippen LogP contribution < -0.4 is 15.4 Å². The highest BCUT2D eigenvalue weighted by Gasteiger charge is 2.37. The van der Waals surface area contributed by atoms with Crippen molar-refractivity contribution in [3.63, 3.8) is 0 Å². The summed E-state index contributed by atoms with van der Waals surface area (Å²) in [5, 5.41) is 6.99. The second-order valence-corrected chi connectivity index (χ2v) is 8.33. The molecule has 7 heteroatoms. The van der Waals surface area contributed by atoms with Crippen LogP contribution in [0.1, 0.15) is 48.6 Å². The van der Waals surface area contributed by atoms with E-state index in [9.17, 15) is 9.59 Å². The molecule has 2 N–H and O–H groups in total. The van der Waals surface area contributed by atoms with Gasteiger partial charge in [-0.25, -0.2) is 4.98 Å². The summed E-state index contributed by atoms with van der Waals surface area (Å²) >= 11 is 0. The van der Waals surface area contributed by atoms with Gasteiger partial charge in [0.05, 0.1) is 22.8 Å². The van der Waals surface area contributed by atoms with Gasteiger partial charge in [-0.1, -0.05) is 48.5 Å². The van der Waals surface area contributed by atoms with Crippen LogP contribution in [0.4, 0.5) is 0 Å². The highest BCUT2D eigenvalue weighted by atomic mass is 16.5. The lowest BCUT2D eigenvalue weighted by atomic mass is 10.1. The molecule has 4 rings (SSSR count). The molecule has 32 heavy (non-hydrogen) atoms. The first kappa shape index (κ1) is 21.8. The number of fused-ring (bicyclic) bond motifs is 1. The van der Waals surface area contributed by atoms with Crippen molar-refractivity contribution in [1.82, 2.24) is 20.5 Å². The number of carbonyl (C=O) groups excluding carboxylic acids is 2. The predicted octanol–water partition coefficient (Wildman–Crippen LogP) is 3.54. The van der Waals surface area contributed by atoms with Gasteiger partial charge in [0.15, 0.2) is 12.5 Å². The van der Waals surface area contributed by atoms with Crippen LogP contribution in [0.2, 0.25) is 0 Å². The molecule has 0 bridgehead atoms. The van der Waals surface area contributed by atoms with Gasteiger partial charge in [0.25, 0.3) is 5.91 Å². The lowest BCUT2D eigenvalue weighted by molar-refractivity contribution is -0.132. The van der Waals surface area contributed by atoms with Crippen molar-refractivity contribution < 1.29 is 14.3 Å². The number of hydrogen-bond acceptors (Lipinski definition) is 5. The molecule has 0 spiro atoms. The van der Waals surface area contributed by atoms with E-state index in [4.69, 9.17) is 4.74 Å². The van der Waals surface area contributed by atoms with Crippen molar-refractivity contribution >= 4 is 22.7 Å². The van der Waals surface area contributed by atoms with Gasteiger partial charge in [0.2, 0.25) is 5.91 Å². The number of aromatic nitrogens is 1. The number of rotatable bonds is 6. The standard InChI is InChI=1S/C25H28N4O3/c1-15(2)26-24(30)21-19-12-8-9-13-20(19)27-16(3)22(21)32-14-29-23(28-17(4)25(29)31)18-10-6-5-7-11-18/h5-13,15,17,23,28H,14H2,1-4H3,(H,26,30). The van der Waals surface area contributed by atoms with Crippen LogP contribution in [0.25, 0.3) is 10.9 Å². The smallest absolute Gasteiger partial charge is 0.256 e. The van der Waals surface area contributed by atoms with Crippen LogP contribution in [-0.4, -0.2) is 40.5 Å². The zero-order valence-corrected chi connectivity index (χ0v) is 18.8. The summed E-state index contributed by atoms with van der Waals surface area (Å²) in [5.41, 5.74) is 2.73. The zero-order chi connectivity index (χ0) is 22.8. The largest absolute Gasteiger partial charge is 0.470 e. The van der Waals surface area contributed by atoms with Gasteiger partial charge in [0.1, 0.15) is 6.17 Å². The minimum atomic E-state index is -0.330. The molecule has 2 atom stereocenters. The van der Waals surface area contributed by atoms with Crippen LogP contribution >= 0.6 is 0 Å². The summed E-state index contributed by atoms with van der Waals surface area (Å²) in [4.78, 5) is 32.3. The van der Waals surface area contributed by atoms with Gasteiger partial charge in [-0.05, 0) is 39.3 Å². The SMILES string of the molecule is Cc1nc2ccccc2c(C(=O)NC(C)C)c1OCN1C(=O)C(C)NC1c1ccccc1. The Morgan fingerprint density at radius 2 is 1.84 bits per heavy atom. The Kier molecular flexibility index (Phi) is 6.10. The van der Waals surface area contributed by atoms with E-state index in [1.807, 2.05) is 82.3 Å². The molecule has 1 aromatic heterocycles. The van der Waals surface area contributed by atoms with Crippen molar-refractivity contribution in [3.8, 4) is 5.75 Å². The molecule has 0 aliphatic carbocycles. The van der Waals surface area contributed by atoms with E-state index in [1.54, 1.807) is 4.90 Å². The van der Waals surface area contributed by atoms with Crippen LogP contribution in [-0.2, 0) is 4.79 Å². The third kappa shape index (κ3) is 4.16. The molecule has 2 amide bonds. The minimum Gasteiger partial charge on any atom is -0.470 e. The number of nitrogens with zero attached hydrogens (tertiary/aromatic N) is 2. The topological polar surface area (TPSA) is 83.6 Å².